The molecule has 29 heavy (non-hydrogen) atoms. The topological polar surface area (TPSA) is 55.8 Å². The highest BCUT2D eigenvalue weighted by Crippen LogP contribution is 2.31. The second kappa shape index (κ2) is 8.35. The smallest absolute Gasteiger partial charge is 0.223 e. The Labute approximate surface area is 169 Å². The summed E-state index contributed by atoms with van der Waals surface area (Å²) in [5.74, 6) is 1.11. The van der Waals surface area contributed by atoms with Crippen molar-refractivity contribution in [2.24, 2.45) is 0 Å². The van der Waals surface area contributed by atoms with Gasteiger partial charge in [0, 0.05) is 32.0 Å². The number of ether oxygens (including phenoxy) is 2. The Morgan fingerprint density at radius 2 is 1.66 bits per heavy atom. The summed E-state index contributed by atoms with van der Waals surface area (Å²) < 4.78 is 11.0. The van der Waals surface area contributed by atoms with Crippen molar-refractivity contribution in [3.05, 3.63) is 71.8 Å². The summed E-state index contributed by atoms with van der Waals surface area (Å²) in [5.41, 5.74) is 1.64. The van der Waals surface area contributed by atoms with Crippen LogP contribution in [0.1, 0.15) is 28.8 Å². The number of ketones is 1. The van der Waals surface area contributed by atoms with E-state index >= 15 is 0 Å². The van der Waals surface area contributed by atoms with Gasteiger partial charge in [0.05, 0.1) is 0 Å². The fraction of sp³-hybridized carbons (Fsp3) is 0.250. The fourth-order valence-electron chi connectivity index (χ4n) is 3.55. The molecule has 0 saturated heterocycles. The van der Waals surface area contributed by atoms with Gasteiger partial charge in [-0.25, -0.2) is 0 Å². The van der Waals surface area contributed by atoms with Crippen molar-refractivity contribution < 1.29 is 19.1 Å². The lowest BCUT2D eigenvalue weighted by molar-refractivity contribution is -0.130. The lowest BCUT2D eigenvalue weighted by atomic mass is 10.0. The first-order valence-corrected chi connectivity index (χ1v) is 9.75. The molecule has 0 atom stereocenters. The molecule has 148 valence electrons. The van der Waals surface area contributed by atoms with Crippen molar-refractivity contribution in [1.29, 1.82) is 0 Å². The normalized spacial score (nSPS) is 12.6. The van der Waals surface area contributed by atoms with Crippen molar-refractivity contribution in [1.82, 2.24) is 4.90 Å². The SMILES string of the molecule is CN(Cc1cccc2ccccc12)C(=O)CCC(=O)c1ccc2c(c1)OCCO2. The van der Waals surface area contributed by atoms with E-state index in [0.29, 0.717) is 36.8 Å². The second-order valence-electron chi connectivity index (χ2n) is 7.17. The molecule has 5 heteroatoms. The molecule has 0 N–H and O–H groups in total. The van der Waals surface area contributed by atoms with E-state index in [-0.39, 0.29) is 24.5 Å². The molecule has 4 rings (SSSR count). The summed E-state index contributed by atoms with van der Waals surface area (Å²) in [6.45, 7) is 1.50. The fourth-order valence-corrected chi connectivity index (χ4v) is 3.55. The zero-order valence-electron chi connectivity index (χ0n) is 16.4. The Bertz CT molecular complexity index is 1050. The molecule has 3 aromatic carbocycles. The molecule has 0 radical (unpaired) electrons. The van der Waals surface area contributed by atoms with E-state index in [4.69, 9.17) is 9.47 Å². The Morgan fingerprint density at radius 3 is 2.52 bits per heavy atom. The van der Waals surface area contributed by atoms with Crippen LogP contribution in [0.2, 0.25) is 0 Å². The molecule has 1 heterocycles. The summed E-state index contributed by atoms with van der Waals surface area (Å²) >= 11 is 0. The van der Waals surface area contributed by atoms with Gasteiger partial charge in [-0.2, -0.15) is 0 Å². The van der Waals surface area contributed by atoms with Crippen LogP contribution in [0.4, 0.5) is 0 Å². The molecule has 1 aliphatic heterocycles. The Hall–Kier alpha value is -3.34. The predicted octanol–water partition coefficient (Wildman–Crippen LogP) is 4.23. The van der Waals surface area contributed by atoms with Crippen LogP contribution in [0, 0.1) is 0 Å². The lowest BCUT2D eigenvalue weighted by Gasteiger charge is -2.19. The molecule has 0 unspecified atom stereocenters. The Kier molecular flexibility index (Phi) is 5.47. The maximum Gasteiger partial charge on any atom is 0.223 e. The summed E-state index contributed by atoms with van der Waals surface area (Å²) in [4.78, 5) is 26.8. The van der Waals surface area contributed by atoms with E-state index in [1.165, 1.54) is 0 Å². The molecule has 0 bridgehead atoms. The number of fused-ring (bicyclic) bond motifs is 2. The van der Waals surface area contributed by atoms with Crippen LogP contribution in [0.3, 0.4) is 0 Å². The van der Waals surface area contributed by atoms with Crippen molar-refractivity contribution in [2.75, 3.05) is 20.3 Å². The van der Waals surface area contributed by atoms with Gasteiger partial charge in [0.1, 0.15) is 13.2 Å². The van der Waals surface area contributed by atoms with Gasteiger partial charge in [-0.1, -0.05) is 42.5 Å². The van der Waals surface area contributed by atoms with Gasteiger partial charge in [-0.05, 0) is 34.5 Å². The molecular weight excluding hydrogens is 366 g/mol. The minimum atomic E-state index is -0.0751. The van der Waals surface area contributed by atoms with Crippen LogP contribution >= 0.6 is 0 Å². The van der Waals surface area contributed by atoms with Crippen molar-refractivity contribution in [3.63, 3.8) is 0 Å². The van der Waals surface area contributed by atoms with Gasteiger partial charge in [0.25, 0.3) is 0 Å². The van der Waals surface area contributed by atoms with Crippen LogP contribution in [0.15, 0.2) is 60.7 Å². The maximum absolute atomic E-state index is 12.6. The van der Waals surface area contributed by atoms with E-state index < -0.39 is 0 Å². The monoisotopic (exact) mass is 389 g/mol. The van der Waals surface area contributed by atoms with E-state index in [1.807, 2.05) is 24.3 Å². The Balaban J connectivity index is 1.37. The van der Waals surface area contributed by atoms with E-state index in [0.717, 1.165) is 16.3 Å². The number of nitrogens with zero attached hydrogens (tertiary/aromatic N) is 1. The quantitative estimate of drug-likeness (QED) is 0.592. The number of carbonyl (C=O) groups excluding carboxylic acids is 2. The summed E-state index contributed by atoms with van der Waals surface area (Å²) in [5, 5.41) is 2.29. The van der Waals surface area contributed by atoms with Gasteiger partial charge >= 0.3 is 0 Å². The average Bonchev–Trinajstić information content (AvgIpc) is 2.77. The average molecular weight is 389 g/mol. The zero-order chi connectivity index (χ0) is 20.2. The van der Waals surface area contributed by atoms with Crippen LogP contribution in [0.25, 0.3) is 10.8 Å². The molecule has 0 spiro atoms. The highest BCUT2D eigenvalue weighted by molar-refractivity contribution is 5.98. The molecule has 0 saturated carbocycles. The molecule has 1 amide bonds. The summed E-state index contributed by atoms with van der Waals surface area (Å²) in [6.07, 6.45) is 0.340. The van der Waals surface area contributed by atoms with Crippen molar-refractivity contribution in [3.8, 4) is 11.5 Å². The molecule has 5 nitrogen and oxygen atoms in total. The first kappa shape index (κ1) is 19.0. The third kappa shape index (κ3) is 4.24. The highest BCUT2D eigenvalue weighted by Gasteiger charge is 2.17. The minimum absolute atomic E-state index is 0.0520. The second-order valence-corrected chi connectivity index (χ2v) is 7.17. The van der Waals surface area contributed by atoms with Crippen LogP contribution in [-0.2, 0) is 11.3 Å². The molecule has 0 aromatic heterocycles. The zero-order valence-corrected chi connectivity index (χ0v) is 16.4. The van der Waals surface area contributed by atoms with E-state index in [2.05, 4.69) is 18.2 Å². The molecule has 3 aromatic rings. The summed E-state index contributed by atoms with van der Waals surface area (Å²) in [7, 11) is 1.78. The minimum Gasteiger partial charge on any atom is -0.486 e. The van der Waals surface area contributed by atoms with E-state index in [1.54, 1.807) is 30.1 Å². The van der Waals surface area contributed by atoms with Gasteiger partial charge in [0.2, 0.25) is 5.91 Å². The highest BCUT2D eigenvalue weighted by atomic mass is 16.6. The van der Waals surface area contributed by atoms with Gasteiger partial charge < -0.3 is 14.4 Å². The first-order chi connectivity index (χ1) is 14.1. The largest absolute Gasteiger partial charge is 0.486 e. The van der Waals surface area contributed by atoms with Gasteiger partial charge in [0.15, 0.2) is 17.3 Å². The van der Waals surface area contributed by atoms with Crippen LogP contribution in [0.5, 0.6) is 11.5 Å². The first-order valence-electron chi connectivity index (χ1n) is 9.75. The number of hydrogen-bond donors (Lipinski definition) is 0. The molecule has 0 fully saturated rings. The predicted molar refractivity (Wildman–Crippen MR) is 111 cm³/mol. The van der Waals surface area contributed by atoms with Crippen LogP contribution < -0.4 is 9.47 Å². The van der Waals surface area contributed by atoms with Gasteiger partial charge in [-0.3, -0.25) is 9.59 Å². The number of Topliss-reactive ketones (excluding diaryl/α,β-unsaturated/α-hetero) is 1. The number of benzene rings is 3. The molecule has 1 aliphatic rings. The lowest BCUT2D eigenvalue weighted by Crippen LogP contribution is -2.26. The maximum atomic E-state index is 12.6. The number of hydrogen-bond acceptors (Lipinski definition) is 4. The third-order valence-corrected chi connectivity index (χ3v) is 5.14. The standard InChI is InChI=1S/C24H23NO4/c1-25(16-19-7-4-6-17-5-2-3-8-20(17)19)24(27)12-10-21(26)18-9-11-22-23(15-18)29-14-13-28-22/h2-9,11,15H,10,12-14,16H2,1H3. The third-order valence-electron chi connectivity index (χ3n) is 5.14. The molecule has 0 aliphatic carbocycles. The number of amides is 1. The van der Waals surface area contributed by atoms with Crippen molar-refractivity contribution >= 4 is 22.5 Å². The van der Waals surface area contributed by atoms with Crippen LogP contribution in [-0.4, -0.2) is 36.9 Å². The van der Waals surface area contributed by atoms with Gasteiger partial charge in [-0.15, -0.1) is 0 Å². The van der Waals surface area contributed by atoms with E-state index in [9.17, 15) is 9.59 Å². The van der Waals surface area contributed by atoms with Crippen molar-refractivity contribution in [2.45, 2.75) is 19.4 Å². The number of rotatable bonds is 6. The molecular formula is C24H23NO4. The number of carbonyl (C=O) groups is 2. The Morgan fingerprint density at radius 1 is 0.897 bits per heavy atom. The summed E-state index contributed by atoms with van der Waals surface area (Å²) in [6, 6.07) is 19.4.